The number of rotatable bonds is 11. The van der Waals surface area contributed by atoms with Crippen molar-refractivity contribution in [2.75, 3.05) is 24.5 Å². The topological polar surface area (TPSA) is 96.0 Å². The van der Waals surface area contributed by atoms with Crippen molar-refractivity contribution in [2.45, 2.75) is 38.3 Å². The van der Waals surface area contributed by atoms with Crippen LogP contribution in [-0.2, 0) is 26.2 Å². The third kappa shape index (κ3) is 7.44. The lowest BCUT2D eigenvalue weighted by atomic mass is 10.1. The van der Waals surface area contributed by atoms with Crippen molar-refractivity contribution in [1.82, 2.24) is 10.2 Å². The maximum Gasteiger partial charge on any atom is 0.264 e. The third-order valence-electron chi connectivity index (χ3n) is 6.09. The van der Waals surface area contributed by atoms with Crippen LogP contribution in [0.25, 0.3) is 0 Å². The number of hydrogen-bond donors (Lipinski definition) is 1. The Morgan fingerprint density at radius 3 is 2.21 bits per heavy atom. The zero-order valence-corrected chi connectivity index (χ0v) is 24.5. The van der Waals surface area contributed by atoms with Crippen molar-refractivity contribution in [3.63, 3.8) is 0 Å². The highest BCUT2D eigenvalue weighted by Crippen LogP contribution is 2.27. The number of nitrogens with one attached hydrogen (secondary N) is 1. The van der Waals surface area contributed by atoms with Crippen LogP contribution in [-0.4, -0.2) is 51.4 Å². The van der Waals surface area contributed by atoms with E-state index in [1.54, 1.807) is 61.5 Å². The van der Waals surface area contributed by atoms with Crippen molar-refractivity contribution in [3.8, 4) is 5.75 Å². The largest absolute Gasteiger partial charge is 0.494 e. The van der Waals surface area contributed by atoms with Crippen molar-refractivity contribution in [2.24, 2.45) is 0 Å². The minimum Gasteiger partial charge on any atom is -0.494 e. The summed E-state index contributed by atoms with van der Waals surface area (Å²) in [7, 11) is -2.72. The number of aryl methyl sites for hydroxylation is 1. The van der Waals surface area contributed by atoms with Gasteiger partial charge in [0.2, 0.25) is 11.8 Å². The molecule has 8 nitrogen and oxygen atoms in total. The van der Waals surface area contributed by atoms with E-state index in [0.717, 1.165) is 9.87 Å². The molecule has 0 bridgehead atoms. The zero-order valence-electron chi connectivity index (χ0n) is 22.1. The normalized spacial score (nSPS) is 11.9. The van der Waals surface area contributed by atoms with Crippen molar-refractivity contribution >= 4 is 50.7 Å². The summed E-state index contributed by atoms with van der Waals surface area (Å²) in [5.41, 5.74) is 1.79. The molecule has 3 aromatic rings. The maximum absolute atomic E-state index is 13.9. The number of likely N-dealkylation sites (N-methyl/N-ethyl adjacent to an activating group) is 1. The Morgan fingerprint density at radius 2 is 1.64 bits per heavy atom. The molecule has 0 aliphatic carbocycles. The van der Waals surface area contributed by atoms with E-state index in [0.29, 0.717) is 33.7 Å². The highest BCUT2D eigenvalue weighted by molar-refractivity contribution is 7.92. The summed E-state index contributed by atoms with van der Waals surface area (Å²) in [6, 6.07) is 16.7. The molecule has 1 atom stereocenters. The van der Waals surface area contributed by atoms with Crippen LogP contribution >= 0.6 is 23.2 Å². The van der Waals surface area contributed by atoms with Gasteiger partial charge in [0.25, 0.3) is 10.0 Å². The lowest BCUT2D eigenvalue weighted by Crippen LogP contribution is -2.50. The van der Waals surface area contributed by atoms with E-state index in [1.807, 2.05) is 13.8 Å². The molecule has 2 amide bonds. The first-order valence-corrected chi connectivity index (χ1v) is 14.4. The Kier molecular flexibility index (Phi) is 10.2. The molecule has 0 saturated heterocycles. The molecule has 0 radical (unpaired) electrons. The molecule has 0 saturated carbocycles. The van der Waals surface area contributed by atoms with Crippen molar-refractivity contribution in [1.29, 1.82) is 0 Å². The quantitative estimate of drug-likeness (QED) is 0.336. The number of halogens is 2. The highest BCUT2D eigenvalue weighted by atomic mass is 35.5. The smallest absolute Gasteiger partial charge is 0.264 e. The molecule has 1 unspecified atom stereocenters. The van der Waals surface area contributed by atoms with E-state index in [1.165, 1.54) is 24.1 Å². The molecule has 39 heavy (non-hydrogen) atoms. The second-order valence-corrected chi connectivity index (χ2v) is 11.5. The highest BCUT2D eigenvalue weighted by Gasteiger charge is 2.32. The molecular weight excluding hydrogens is 561 g/mol. The van der Waals surface area contributed by atoms with Gasteiger partial charge in [0.1, 0.15) is 18.3 Å². The lowest BCUT2D eigenvalue weighted by Gasteiger charge is -2.32. The molecular formula is C28H31Cl2N3O5S. The molecule has 0 aromatic heterocycles. The van der Waals surface area contributed by atoms with Gasteiger partial charge < -0.3 is 15.0 Å². The van der Waals surface area contributed by atoms with Crippen LogP contribution in [0.15, 0.2) is 71.6 Å². The average Bonchev–Trinajstić information content (AvgIpc) is 2.91. The minimum atomic E-state index is -4.18. The fourth-order valence-corrected chi connectivity index (χ4v) is 5.75. The van der Waals surface area contributed by atoms with Crippen LogP contribution < -0.4 is 14.4 Å². The van der Waals surface area contributed by atoms with Crippen LogP contribution in [0.3, 0.4) is 0 Å². The number of anilines is 1. The summed E-state index contributed by atoms with van der Waals surface area (Å²) in [5.74, 6) is -0.475. The van der Waals surface area contributed by atoms with Gasteiger partial charge in [-0.15, -0.1) is 0 Å². The Labute approximate surface area is 239 Å². The summed E-state index contributed by atoms with van der Waals surface area (Å²) in [6.07, 6.45) is 0. The van der Waals surface area contributed by atoms with Gasteiger partial charge in [-0.25, -0.2) is 8.42 Å². The Morgan fingerprint density at radius 1 is 1.00 bits per heavy atom. The fraction of sp³-hybridized carbons (Fsp3) is 0.286. The fourth-order valence-electron chi connectivity index (χ4n) is 3.87. The second-order valence-electron chi connectivity index (χ2n) is 8.80. The summed E-state index contributed by atoms with van der Waals surface area (Å²) >= 11 is 12.4. The summed E-state index contributed by atoms with van der Waals surface area (Å²) in [4.78, 5) is 27.7. The van der Waals surface area contributed by atoms with Gasteiger partial charge in [-0.05, 0) is 74.9 Å². The van der Waals surface area contributed by atoms with Gasteiger partial charge in [0.15, 0.2) is 0 Å². The van der Waals surface area contributed by atoms with E-state index >= 15 is 0 Å². The number of carbonyl (C=O) groups is 2. The Hall–Kier alpha value is -3.27. The number of ether oxygens (including phenoxy) is 1. The van der Waals surface area contributed by atoms with Crippen LogP contribution in [0.5, 0.6) is 5.75 Å². The SMILES string of the molecule is CCOc1ccc(S(=O)(=O)N(CC(=O)N(Cc2ccc(Cl)cc2Cl)C(C)C(=O)NC)c2ccc(C)cc2)cc1. The third-order valence-corrected chi connectivity index (χ3v) is 8.47. The first-order chi connectivity index (χ1) is 18.5. The molecule has 0 aliphatic rings. The van der Waals surface area contributed by atoms with Gasteiger partial charge in [-0.1, -0.05) is 47.0 Å². The van der Waals surface area contributed by atoms with Crippen LogP contribution in [0.2, 0.25) is 10.0 Å². The molecule has 208 valence electrons. The van der Waals surface area contributed by atoms with E-state index in [4.69, 9.17) is 27.9 Å². The zero-order chi connectivity index (χ0) is 28.7. The molecule has 0 fully saturated rings. The van der Waals surface area contributed by atoms with Crippen molar-refractivity contribution in [3.05, 3.63) is 87.9 Å². The van der Waals surface area contributed by atoms with E-state index < -0.39 is 34.4 Å². The molecule has 0 aliphatic heterocycles. The van der Waals surface area contributed by atoms with Gasteiger partial charge in [0.05, 0.1) is 17.2 Å². The van der Waals surface area contributed by atoms with E-state index in [2.05, 4.69) is 5.32 Å². The molecule has 0 heterocycles. The molecule has 3 rings (SSSR count). The number of sulfonamides is 1. The Balaban J connectivity index is 2.03. The second kappa shape index (κ2) is 13.2. The van der Waals surface area contributed by atoms with Gasteiger partial charge in [0, 0.05) is 23.6 Å². The molecule has 3 aromatic carbocycles. The van der Waals surface area contributed by atoms with Crippen molar-refractivity contribution < 1.29 is 22.7 Å². The summed E-state index contributed by atoms with van der Waals surface area (Å²) < 4.78 is 34.2. The molecule has 11 heteroatoms. The number of carbonyl (C=O) groups excluding carboxylic acids is 2. The average molecular weight is 593 g/mol. The van der Waals surface area contributed by atoms with Crippen LogP contribution in [0.4, 0.5) is 5.69 Å². The molecule has 0 spiro atoms. The minimum absolute atomic E-state index is 0.00836. The Bertz CT molecular complexity index is 1410. The lowest BCUT2D eigenvalue weighted by molar-refractivity contribution is -0.139. The first-order valence-electron chi connectivity index (χ1n) is 12.2. The van der Waals surface area contributed by atoms with E-state index in [9.17, 15) is 18.0 Å². The number of amides is 2. The predicted octanol–water partition coefficient (Wildman–Crippen LogP) is 5.06. The summed E-state index contributed by atoms with van der Waals surface area (Å²) in [6.45, 7) is 5.13. The monoisotopic (exact) mass is 591 g/mol. The van der Waals surface area contributed by atoms with Gasteiger partial charge >= 0.3 is 0 Å². The standard InChI is InChI=1S/C28H31Cl2N3O5S/c1-5-38-24-12-14-25(15-13-24)39(36,37)33(23-10-6-19(2)7-11-23)18-27(34)32(20(3)28(35)31-4)17-21-8-9-22(29)16-26(21)30/h6-16,20H,5,17-18H2,1-4H3,(H,31,35). The molecule has 1 N–H and O–H groups in total. The number of benzene rings is 3. The van der Waals surface area contributed by atoms with Crippen LogP contribution in [0, 0.1) is 6.92 Å². The predicted molar refractivity (Wildman–Crippen MR) is 154 cm³/mol. The number of hydrogen-bond acceptors (Lipinski definition) is 5. The summed E-state index contributed by atoms with van der Waals surface area (Å²) in [5, 5.41) is 3.29. The van der Waals surface area contributed by atoms with Gasteiger partial charge in [-0.2, -0.15) is 0 Å². The van der Waals surface area contributed by atoms with E-state index in [-0.39, 0.29) is 11.4 Å². The maximum atomic E-state index is 13.9. The van der Waals surface area contributed by atoms with Crippen LogP contribution in [0.1, 0.15) is 25.0 Å². The van der Waals surface area contributed by atoms with Gasteiger partial charge in [-0.3, -0.25) is 13.9 Å². The first kappa shape index (κ1) is 30.3. The number of nitrogens with zero attached hydrogens (tertiary/aromatic N) is 2.